The zero-order valence-electron chi connectivity index (χ0n) is 36.6. The van der Waals surface area contributed by atoms with Gasteiger partial charge in [-0.05, 0) is 135 Å². The Bertz CT molecular complexity index is 1530. The molecule has 4 aliphatic rings. The first kappa shape index (κ1) is 50.1. The fourth-order valence-corrected chi connectivity index (χ4v) is 12.9. The number of fused-ring (bicyclic) bond motifs is 2. The second kappa shape index (κ2) is 29.1. The van der Waals surface area contributed by atoms with Gasteiger partial charge in [0.25, 0.3) is 0 Å². The van der Waals surface area contributed by atoms with Crippen LogP contribution in [0.2, 0.25) is 0 Å². The second-order valence-corrected chi connectivity index (χ2v) is 20.1. The Morgan fingerprint density at radius 3 is 1.08 bits per heavy atom. The van der Waals surface area contributed by atoms with E-state index < -0.39 is 6.89 Å². The van der Waals surface area contributed by atoms with Gasteiger partial charge < -0.3 is 28.7 Å². The monoisotopic (exact) mass is 837 g/mol. The molecule has 0 bridgehead atoms. The van der Waals surface area contributed by atoms with Crippen LogP contribution in [-0.2, 0) is 28.7 Å². The van der Waals surface area contributed by atoms with E-state index in [1.807, 2.05) is 0 Å². The Hall–Kier alpha value is -4.28. The Balaban J connectivity index is 0.000000223. The van der Waals surface area contributed by atoms with Gasteiger partial charge in [0.2, 0.25) is 0 Å². The molecule has 3 aromatic rings. The van der Waals surface area contributed by atoms with Crippen molar-refractivity contribution in [3.8, 4) is 0 Å². The summed E-state index contributed by atoms with van der Waals surface area (Å²) >= 11 is 0. The maximum atomic E-state index is 10.7. The van der Waals surface area contributed by atoms with Gasteiger partial charge >= 0.3 is 0 Å². The van der Waals surface area contributed by atoms with Crippen molar-refractivity contribution >= 4 is 54.2 Å². The molecule has 0 heterocycles. The van der Waals surface area contributed by atoms with Crippen molar-refractivity contribution in [2.45, 2.75) is 103 Å². The van der Waals surface area contributed by atoms with Gasteiger partial charge in [0.05, 0.1) is 26.7 Å². The summed E-state index contributed by atoms with van der Waals surface area (Å²) in [6, 6.07) is 31.9. The standard InChI is InChI=1S/C19H17P.C16H26O2.C12H18O2.2C3H6O/c1-20(17-11-5-2-6-12-17,18-13-7-3-8-14-18)19-15-9-4-10-16-19;17-9-1-3-13-5-7-16-12-14(4-2-10-18)6-8-15(16)11-13;13-7-9-1-3-11-6-10(8-14)2-4-12(11)5-9;2*1-3-4-2/h2-16H,1H2;9-10,13-16H,1-8,11-12H2;7-12H,1-6H2;2*3H,1H2,2H3. The first-order valence-electron chi connectivity index (χ1n) is 22.3. The Labute approximate surface area is 362 Å². The van der Waals surface area contributed by atoms with E-state index in [4.69, 9.17) is 6.30 Å². The number of carbonyl (C=O) groups excluding carboxylic acids is 4. The maximum absolute atomic E-state index is 10.7. The van der Waals surface area contributed by atoms with Crippen LogP contribution in [0.1, 0.15) is 103 Å². The highest BCUT2D eigenvalue weighted by Gasteiger charge is 2.36. The van der Waals surface area contributed by atoms with Crippen molar-refractivity contribution in [2.75, 3.05) is 14.2 Å². The van der Waals surface area contributed by atoms with Crippen LogP contribution in [0.3, 0.4) is 0 Å². The minimum atomic E-state index is -1.78. The van der Waals surface area contributed by atoms with E-state index in [1.165, 1.54) is 79.8 Å². The molecule has 7 rings (SSSR count). The van der Waals surface area contributed by atoms with E-state index in [9.17, 15) is 19.2 Å². The van der Waals surface area contributed by atoms with E-state index in [-0.39, 0.29) is 0 Å². The molecule has 4 fully saturated rings. The van der Waals surface area contributed by atoms with Crippen molar-refractivity contribution < 1.29 is 28.7 Å². The highest BCUT2D eigenvalue weighted by Crippen LogP contribution is 2.47. The first-order chi connectivity index (χ1) is 29.3. The molecular weight excluding hydrogens is 764 g/mol. The summed E-state index contributed by atoms with van der Waals surface area (Å²) in [4.78, 5) is 42.3. The van der Waals surface area contributed by atoms with Crippen molar-refractivity contribution in [2.24, 2.45) is 47.3 Å². The molecule has 0 aliphatic heterocycles. The average Bonchev–Trinajstić information content (AvgIpc) is 3.33. The second-order valence-electron chi connectivity index (χ2n) is 16.9. The third kappa shape index (κ3) is 16.3. The molecular formula is C53H73O6P. The van der Waals surface area contributed by atoms with Crippen LogP contribution < -0.4 is 15.9 Å². The quantitative estimate of drug-likeness (QED) is 0.0968. The maximum Gasteiger partial charge on any atom is 0.123 e. The van der Waals surface area contributed by atoms with Gasteiger partial charge in [-0.2, -0.15) is 0 Å². The molecule has 6 nitrogen and oxygen atoms in total. The highest BCUT2D eigenvalue weighted by atomic mass is 31.2. The van der Waals surface area contributed by atoms with Crippen LogP contribution in [0, 0.1) is 47.3 Å². The van der Waals surface area contributed by atoms with Gasteiger partial charge in [-0.3, -0.25) is 0 Å². The van der Waals surface area contributed by atoms with E-state index in [0.29, 0.717) is 11.8 Å². The molecule has 0 saturated heterocycles. The smallest absolute Gasteiger partial charge is 0.123 e. The lowest BCUT2D eigenvalue weighted by Gasteiger charge is -2.42. The third-order valence-corrected chi connectivity index (χ3v) is 16.8. The molecule has 7 heteroatoms. The Morgan fingerprint density at radius 1 is 0.500 bits per heavy atom. The van der Waals surface area contributed by atoms with Gasteiger partial charge in [-0.15, -0.1) is 0 Å². The molecule has 4 aliphatic carbocycles. The zero-order chi connectivity index (χ0) is 43.4. The summed E-state index contributed by atoms with van der Waals surface area (Å²) in [6.07, 6.45) is 30.3. The predicted octanol–water partition coefficient (Wildman–Crippen LogP) is 11.0. The average molecular weight is 837 g/mol. The normalized spacial score (nSPS) is 25.1. The number of rotatable bonds is 13. The van der Waals surface area contributed by atoms with Gasteiger partial charge in [0.15, 0.2) is 0 Å². The summed E-state index contributed by atoms with van der Waals surface area (Å²) in [5, 5.41) is 3.95. The minimum absolute atomic E-state index is 0.309. The van der Waals surface area contributed by atoms with E-state index in [1.54, 1.807) is 14.2 Å². The van der Waals surface area contributed by atoms with Crippen molar-refractivity contribution in [1.29, 1.82) is 0 Å². The van der Waals surface area contributed by atoms with Gasteiger partial charge in [0.1, 0.15) is 25.1 Å². The summed E-state index contributed by atoms with van der Waals surface area (Å²) < 4.78 is 8.61. The Morgan fingerprint density at radius 2 is 0.800 bits per heavy atom. The third-order valence-electron chi connectivity index (χ3n) is 13.2. The van der Waals surface area contributed by atoms with E-state index in [2.05, 4.69) is 114 Å². The van der Waals surface area contributed by atoms with Crippen LogP contribution in [-0.4, -0.2) is 45.7 Å². The molecule has 0 spiro atoms. The number of methoxy groups -OCH3 is 2. The number of ether oxygens (including phenoxy) is 2. The van der Waals surface area contributed by atoms with Crippen LogP contribution in [0.25, 0.3) is 0 Å². The number of carbonyl (C=O) groups is 4. The number of benzene rings is 3. The minimum Gasteiger partial charge on any atom is -0.505 e. The van der Waals surface area contributed by atoms with E-state index >= 15 is 0 Å². The lowest BCUT2D eigenvalue weighted by Crippen LogP contribution is -2.31. The number of hydrogen-bond acceptors (Lipinski definition) is 6. The van der Waals surface area contributed by atoms with Crippen molar-refractivity contribution in [3.05, 3.63) is 117 Å². The number of hydrogen-bond donors (Lipinski definition) is 0. The lowest BCUT2D eigenvalue weighted by molar-refractivity contribution is -0.116. The largest absolute Gasteiger partial charge is 0.505 e. The van der Waals surface area contributed by atoms with Crippen molar-refractivity contribution in [3.63, 3.8) is 0 Å². The first-order valence-corrected chi connectivity index (χ1v) is 24.2. The Kier molecular flexibility index (Phi) is 24.3. The molecule has 0 N–H and O–H groups in total. The molecule has 0 radical (unpaired) electrons. The molecule has 0 amide bonds. The molecule has 60 heavy (non-hydrogen) atoms. The zero-order valence-corrected chi connectivity index (χ0v) is 37.5. The molecule has 326 valence electrons. The fourth-order valence-electron chi connectivity index (χ4n) is 9.92. The lowest BCUT2D eigenvalue weighted by atomic mass is 9.64. The van der Waals surface area contributed by atoms with Crippen LogP contribution in [0.15, 0.2) is 117 Å². The fraction of sp³-hybridized carbons (Fsp3) is 0.491. The molecule has 8 atom stereocenters. The summed E-state index contributed by atoms with van der Waals surface area (Å²) in [6.45, 7) is 4.74. The van der Waals surface area contributed by atoms with Crippen LogP contribution in [0.4, 0.5) is 0 Å². The number of aldehydes is 4. The molecule has 4 saturated carbocycles. The summed E-state index contributed by atoms with van der Waals surface area (Å²) in [7, 11) is 3.12. The van der Waals surface area contributed by atoms with Crippen LogP contribution >= 0.6 is 6.89 Å². The van der Waals surface area contributed by atoms with Gasteiger partial charge in [-0.25, -0.2) is 0 Å². The highest BCUT2D eigenvalue weighted by molar-refractivity contribution is 7.93. The predicted molar refractivity (Wildman–Crippen MR) is 253 cm³/mol. The van der Waals surface area contributed by atoms with Crippen molar-refractivity contribution in [1.82, 2.24) is 0 Å². The van der Waals surface area contributed by atoms with Gasteiger partial charge in [-0.1, -0.05) is 123 Å². The molecule has 0 aromatic heterocycles. The van der Waals surface area contributed by atoms with Gasteiger partial charge in [0, 0.05) is 24.7 Å². The van der Waals surface area contributed by atoms with E-state index in [0.717, 1.165) is 112 Å². The molecule has 3 aromatic carbocycles. The van der Waals surface area contributed by atoms with Crippen LogP contribution in [0.5, 0.6) is 0 Å². The summed E-state index contributed by atoms with van der Waals surface area (Å²) in [5.74, 6) is 5.54. The topological polar surface area (TPSA) is 86.7 Å². The molecule has 8 unspecified atom stereocenters. The summed E-state index contributed by atoms with van der Waals surface area (Å²) in [5.41, 5.74) is 0. The SMILES string of the molecule is C=COC.C=COC.C=P(c1ccccc1)(c1ccccc1)c1ccccc1.O=CC1CCC2CC(C=O)CCC2C1.O=CCCC1CCC2CC(CCC=O)CCC2C1.